The van der Waals surface area contributed by atoms with Crippen LogP contribution >= 0.6 is 23.4 Å². The van der Waals surface area contributed by atoms with E-state index in [0.717, 1.165) is 63.8 Å². The first kappa shape index (κ1) is 27.1. The van der Waals surface area contributed by atoms with Crippen LogP contribution in [0.15, 0.2) is 82.6 Å². The van der Waals surface area contributed by atoms with Crippen LogP contribution in [0.4, 0.5) is 0 Å². The lowest BCUT2D eigenvalue weighted by Gasteiger charge is -2.29. The number of carboxylic acid groups (broad SMARTS) is 1. The molecule has 3 aromatic rings. The van der Waals surface area contributed by atoms with Gasteiger partial charge >= 0.3 is 5.97 Å². The molecule has 3 rings (SSSR count). The molecule has 0 bridgehead atoms. The Morgan fingerprint density at radius 3 is 2.49 bits per heavy atom. The molecule has 186 valence electrons. The maximum atomic E-state index is 11.0. The fourth-order valence-electron chi connectivity index (χ4n) is 4.16. The van der Waals surface area contributed by atoms with Gasteiger partial charge in [-0.2, -0.15) is 0 Å². The zero-order chi connectivity index (χ0) is 25.1. The van der Waals surface area contributed by atoms with Gasteiger partial charge in [0.05, 0.1) is 0 Å². The van der Waals surface area contributed by atoms with Gasteiger partial charge in [-0.3, -0.25) is 4.79 Å². The molecule has 0 fully saturated rings. The van der Waals surface area contributed by atoms with Crippen LogP contribution < -0.4 is 10.5 Å². The van der Waals surface area contributed by atoms with Gasteiger partial charge < -0.3 is 15.6 Å². The Hall–Kier alpha value is -2.47. The van der Waals surface area contributed by atoms with Crippen molar-refractivity contribution in [2.45, 2.75) is 73.8 Å². The number of hydrogen-bond acceptors (Lipinski definition) is 4. The van der Waals surface area contributed by atoms with Gasteiger partial charge in [0, 0.05) is 26.8 Å². The average molecular weight is 512 g/mol. The quantitative estimate of drug-likeness (QED) is 0.231. The van der Waals surface area contributed by atoms with Gasteiger partial charge in [0.1, 0.15) is 12.4 Å². The largest absolute Gasteiger partial charge is 0.489 e. The van der Waals surface area contributed by atoms with Gasteiger partial charge in [0.25, 0.3) is 0 Å². The first-order chi connectivity index (χ1) is 16.9. The Labute approximate surface area is 217 Å². The smallest absolute Gasteiger partial charge is 0.303 e. The van der Waals surface area contributed by atoms with E-state index < -0.39 is 11.5 Å². The van der Waals surface area contributed by atoms with Crippen LogP contribution in [0.2, 0.25) is 5.02 Å². The second kappa shape index (κ2) is 13.6. The van der Waals surface area contributed by atoms with E-state index in [1.807, 2.05) is 42.5 Å². The van der Waals surface area contributed by atoms with Gasteiger partial charge in [-0.15, -0.1) is 0 Å². The van der Waals surface area contributed by atoms with Crippen molar-refractivity contribution in [3.8, 4) is 5.75 Å². The molecule has 0 spiro atoms. The van der Waals surface area contributed by atoms with E-state index >= 15 is 0 Å². The summed E-state index contributed by atoms with van der Waals surface area (Å²) in [6.45, 7) is 2.62. The summed E-state index contributed by atoms with van der Waals surface area (Å²) in [4.78, 5) is 13.1. The Morgan fingerprint density at radius 1 is 1.00 bits per heavy atom. The minimum absolute atomic E-state index is 0.113. The molecule has 35 heavy (non-hydrogen) atoms. The van der Waals surface area contributed by atoms with Crippen molar-refractivity contribution in [2.24, 2.45) is 5.73 Å². The number of carboxylic acids is 1. The Balaban J connectivity index is 1.54. The lowest BCUT2D eigenvalue weighted by atomic mass is 9.84. The zero-order valence-electron chi connectivity index (χ0n) is 20.2. The molecule has 3 aromatic carbocycles. The van der Waals surface area contributed by atoms with Crippen LogP contribution in [0, 0.1) is 0 Å². The lowest BCUT2D eigenvalue weighted by molar-refractivity contribution is -0.137. The monoisotopic (exact) mass is 511 g/mol. The number of rotatable bonds is 14. The van der Waals surface area contributed by atoms with Crippen molar-refractivity contribution in [1.29, 1.82) is 0 Å². The van der Waals surface area contributed by atoms with Crippen molar-refractivity contribution in [1.82, 2.24) is 0 Å². The summed E-state index contributed by atoms with van der Waals surface area (Å²) in [5.41, 5.74) is 8.32. The standard InChI is InChI=1S/C29H34ClNO3S/c1-2-16-29(31,18-15-28(32)33)17-7-10-23-13-14-26(20-27(23)30)35-25-12-6-11-24(19-25)34-21-22-8-4-3-5-9-22/h3-6,8-9,11-14,19-20H,2,7,10,15-18,21,31H2,1H3,(H,32,33). The van der Waals surface area contributed by atoms with Gasteiger partial charge in [0.15, 0.2) is 0 Å². The van der Waals surface area contributed by atoms with Crippen molar-refractivity contribution in [3.05, 3.63) is 88.9 Å². The molecule has 0 saturated heterocycles. The molecule has 4 nitrogen and oxygen atoms in total. The summed E-state index contributed by atoms with van der Waals surface area (Å²) in [6, 6.07) is 24.4. The molecule has 0 aliphatic carbocycles. The molecule has 0 saturated carbocycles. The maximum Gasteiger partial charge on any atom is 0.303 e. The highest BCUT2D eigenvalue weighted by atomic mass is 35.5. The van der Waals surface area contributed by atoms with E-state index in [2.05, 4.69) is 37.3 Å². The molecule has 0 aliphatic heterocycles. The summed E-state index contributed by atoms with van der Waals surface area (Å²) in [6.07, 6.45) is 4.89. The van der Waals surface area contributed by atoms with Crippen molar-refractivity contribution in [2.75, 3.05) is 0 Å². The first-order valence-corrected chi connectivity index (χ1v) is 13.3. The maximum absolute atomic E-state index is 11.0. The number of ether oxygens (including phenoxy) is 1. The van der Waals surface area contributed by atoms with Crippen LogP contribution in [0.25, 0.3) is 0 Å². The van der Waals surface area contributed by atoms with E-state index in [0.29, 0.717) is 13.0 Å². The molecule has 0 amide bonds. The third-order valence-electron chi connectivity index (χ3n) is 6.02. The molecule has 6 heteroatoms. The third kappa shape index (κ3) is 9.25. The van der Waals surface area contributed by atoms with Crippen LogP contribution in [-0.2, 0) is 17.8 Å². The molecule has 1 unspecified atom stereocenters. The summed E-state index contributed by atoms with van der Waals surface area (Å²) in [5, 5.41) is 9.77. The predicted molar refractivity (Wildman–Crippen MR) is 144 cm³/mol. The second-order valence-electron chi connectivity index (χ2n) is 8.96. The highest BCUT2D eigenvalue weighted by molar-refractivity contribution is 7.99. The minimum Gasteiger partial charge on any atom is -0.489 e. The van der Waals surface area contributed by atoms with Crippen LogP contribution in [0.3, 0.4) is 0 Å². The summed E-state index contributed by atoms with van der Waals surface area (Å²) < 4.78 is 5.95. The number of aliphatic carboxylic acids is 1. The van der Waals surface area contributed by atoms with Crippen molar-refractivity contribution in [3.63, 3.8) is 0 Å². The van der Waals surface area contributed by atoms with E-state index in [-0.39, 0.29) is 6.42 Å². The van der Waals surface area contributed by atoms with E-state index in [9.17, 15) is 4.79 Å². The molecule has 0 heterocycles. The molecular weight excluding hydrogens is 478 g/mol. The Morgan fingerprint density at radius 2 is 1.77 bits per heavy atom. The van der Waals surface area contributed by atoms with Crippen molar-refractivity contribution >= 4 is 29.3 Å². The van der Waals surface area contributed by atoms with E-state index in [4.69, 9.17) is 27.2 Å². The summed E-state index contributed by atoms with van der Waals surface area (Å²) in [5.74, 6) is 0.0437. The number of aryl methyl sites for hydroxylation is 1. The minimum atomic E-state index is -0.791. The zero-order valence-corrected chi connectivity index (χ0v) is 21.8. The van der Waals surface area contributed by atoms with Gasteiger partial charge in [-0.1, -0.05) is 79.2 Å². The van der Waals surface area contributed by atoms with Crippen LogP contribution in [0.5, 0.6) is 5.75 Å². The van der Waals surface area contributed by atoms with Gasteiger partial charge in [-0.05, 0) is 73.6 Å². The highest BCUT2D eigenvalue weighted by Crippen LogP contribution is 2.33. The van der Waals surface area contributed by atoms with Crippen LogP contribution in [-0.4, -0.2) is 16.6 Å². The first-order valence-electron chi connectivity index (χ1n) is 12.1. The molecule has 0 radical (unpaired) electrons. The topological polar surface area (TPSA) is 72.5 Å². The number of carbonyl (C=O) groups is 1. The average Bonchev–Trinajstić information content (AvgIpc) is 2.84. The fraction of sp³-hybridized carbons (Fsp3) is 0.345. The van der Waals surface area contributed by atoms with E-state index in [1.165, 1.54) is 0 Å². The van der Waals surface area contributed by atoms with Crippen LogP contribution in [0.1, 0.15) is 56.6 Å². The lowest BCUT2D eigenvalue weighted by Crippen LogP contribution is -2.40. The molecule has 1 atom stereocenters. The normalized spacial score (nSPS) is 12.8. The fourth-order valence-corrected chi connectivity index (χ4v) is 5.40. The number of hydrogen-bond donors (Lipinski definition) is 2. The number of nitrogens with two attached hydrogens (primary N) is 1. The van der Waals surface area contributed by atoms with Gasteiger partial charge in [0.2, 0.25) is 0 Å². The summed E-state index contributed by atoms with van der Waals surface area (Å²) in [7, 11) is 0. The number of benzene rings is 3. The number of halogens is 1. The Kier molecular flexibility index (Phi) is 10.5. The predicted octanol–water partition coefficient (Wildman–Crippen LogP) is 7.76. The highest BCUT2D eigenvalue weighted by Gasteiger charge is 2.24. The molecule has 3 N–H and O–H groups in total. The Bertz CT molecular complexity index is 1090. The molecule has 0 aromatic heterocycles. The van der Waals surface area contributed by atoms with Crippen molar-refractivity contribution < 1.29 is 14.6 Å². The second-order valence-corrected chi connectivity index (χ2v) is 10.5. The van der Waals surface area contributed by atoms with E-state index in [1.54, 1.807) is 11.8 Å². The van der Waals surface area contributed by atoms with Gasteiger partial charge in [-0.25, -0.2) is 0 Å². The molecule has 0 aliphatic rings. The third-order valence-corrected chi connectivity index (χ3v) is 7.35. The molecular formula is C29H34ClNO3S. The SMILES string of the molecule is CCCC(N)(CCCc1ccc(Sc2cccc(OCc3ccccc3)c2)cc1Cl)CCC(=O)O. The summed E-state index contributed by atoms with van der Waals surface area (Å²) >= 11 is 8.26.